The van der Waals surface area contributed by atoms with Gasteiger partial charge < -0.3 is 5.11 Å². The first-order valence-electron chi connectivity index (χ1n) is 6.71. The predicted molar refractivity (Wildman–Crippen MR) is 78.5 cm³/mol. The molecule has 0 aliphatic carbocycles. The molecule has 1 aromatic carbocycles. The Morgan fingerprint density at radius 3 is 2.58 bits per heavy atom. The summed E-state index contributed by atoms with van der Waals surface area (Å²) >= 11 is 6.04. The fraction of sp³-hybridized carbons (Fsp3) is 0.533. The summed E-state index contributed by atoms with van der Waals surface area (Å²) in [6.07, 6.45) is 0.931. The number of nitrogens with zero attached hydrogens (tertiary/aromatic N) is 1. The van der Waals surface area contributed by atoms with Crippen LogP contribution < -0.4 is 0 Å². The lowest BCUT2D eigenvalue weighted by molar-refractivity contribution is -0.141. The summed E-state index contributed by atoms with van der Waals surface area (Å²) in [5.41, 5.74) is 1.15. The lowest BCUT2D eigenvalue weighted by Gasteiger charge is -2.31. The Kier molecular flexibility index (Phi) is 6.32. The quantitative estimate of drug-likeness (QED) is 0.827. The van der Waals surface area contributed by atoms with Crippen LogP contribution in [0.25, 0.3) is 0 Å². The molecule has 0 radical (unpaired) electrons. The molecule has 0 saturated heterocycles. The lowest BCUT2D eigenvalue weighted by Crippen LogP contribution is -2.34. The van der Waals surface area contributed by atoms with Gasteiger partial charge in [-0.15, -0.1) is 0 Å². The molecule has 1 aromatic rings. The van der Waals surface area contributed by atoms with Crippen LogP contribution in [0.1, 0.15) is 38.8 Å². The maximum absolute atomic E-state index is 11.0. The number of benzene rings is 1. The molecule has 3 nitrogen and oxygen atoms in total. The van der Waals surface area contributed by atoms with Crippen molar-refractivity contribution in [2.24, 2.45) is 5.92 Å². The van der Waals surface area contributed by atoms with Crippen LogP contribution in [0.4, 0.5) is 0 Å². The average molecular weight is 284 g/mol. The standard InChI is InChI=1S/C15H22ClNO2/c1-4-14(12-7-6-8-13(16)9-12)17(5-2)10-11(3)15(18)19/h6-9,11,14H,4-5,10H2,1-3H3,(H,18,19). The van der Waals surface area contributed by atoms with Crippen molar-refractivity contribution in [1.29, 1.82) is 0 Å². The van der Waals surface area contributed by atoms with E-state index in [1.807, 2.05) is 24.3 Å². The highest BCUT2D eigenvalue weighted by molar-refractivity contribution is 6.30. The Labute approximate surface area is 120 Å². The molecule has 0 heterocycles. The van der Waals surface area contributed by atoms with Crippen molar-refractivity contribution in [3.63, 3.8) is 0 Å². The first-order chi connectivity index (χ1) is 8.99. The van der Waals surface area contributed by atoms with Crippen LogP contribution in [-0.4, -0.2) is 29.1 Å². The van der Waals surface area contributed by atoms with Crippen molar-refractivity contribution in [3.05, 3.63) is 34.9 Å². The number of aliphatic carboxylic acids is 1. The van der Waals surface area contributed by atoms with Crippen LogP contribution in [-0.2, 0) is 4.79 Å². The molecule has 0 bridgehead atoms. The summed E-state index contributed by atoms with van der Waals surface area (Å²) in [5.74, 6) is -1.12. The normalized spacial score (nSPS) is 14.4. The Morgan fingerprint density at radius 2 is 2.11 bits per heavy atom. The summed E-state index contributed by atoms with van der Waals surface area (Å²) < 4.78 is 0. The first kappa shape index (κ1) is 16.0. The smallest absolute Gasteiger partial charge is 0.307 e. The Morgan fingerprint density at radius 1 is 1.42 bits per heavy atom. The first-order valence-corrected chi connectivity index (χ1v) is 7.09. The number of hydrogen-bond donors (Lipinski definition) is 1. The molecule has 0 saturated carbocycles. The molecule has 0 amide bonds. The molecule has 2 unspecified atom stereocenters. The topological polar surface area (TPSA) is 40.5 Å². The van der Waals surface area contributed by atoms with E-state index in [1.54, 1.807) is 6.92 Å². The fourth-order valence-electron chi connectivity index (χ4n) is 2.33. The van der Waals surface area contributed by atoms with E-state index in [2.05, 4.69) is 18.7 Å². The van der Waals surface area contributed by atoms with Crippen molar-refractivity contribution in [2.75, 3.05) is 13.1 Å². The SMILES string of the molecule is CCC(c1cccc(Cl)c1)N(CC)CC(C)C(=O)O. The van der Waals surface area contributed by atoms with Gasteiger partial charge in [-0.05, 0) is 30.7 Å². The number of rotatable bonds is 7. The van der Waals surface area contributed by atoms with Crippen molar-refractivity contribution in [1.82, 2.24) is 4.90 Å². The monoisotopic (exact) mass is 283 g/mol. The molecule has 106 valence electrons. The molecule has 0 aromatic heterocycles. The molecule has 2 atom stereocenters. The highest BCUT2D eigenvalue weighted by atomic mass is 35.5. The van der Waals surface area contributed by atoms with E-state index in [0.717, 1.165) is 23.6 Å². The van der Waals surface area contributed by atoms with Crippen molar-refractivity contribution in [2.45, 2.75) is 33.2 Å². The third-order valence-electron chi connectivity index (χ3n) is 3.40. The van der Waals surface area contributed by atoms with E-state index < -0.39 is 5.97 Å². The Balaban J connectivity index is 2.89. The fourth-order valence-corrected chi connectivity index (χ4v) is 2.52. The molecule has 0 spiro atoms. The Hall–Kier alpha value is -1.06. The zero-order valence-corrected chi connectivity index (χ0v) is 12.5. The summed E-state index contributed by atoms with van der Waals surface area (Å²) in [6.45, 7) is 7.29. The lowest BCUT2D eigenvalue weighted by atomic mass is 10.0. The average Bonchev–Trinajstić information content (AvgIpc) is 2.38. The number of carbonyl (C=O) groups is 1. The minimum atomic E-state index is -0.751. The largest absolute Gasteiger partial charge is 0.481 e. The maximum atomic E-state index is 11.0. The third kappa shape index (κ3) is 4.51. The summed E-state index contributed by atoms with van der Waals surface area (Å²) in [5, 5.41) is 9.77. The van der Waals surface area contributed by atoms with Gasteiger partial charge in [0, 0.05) is 17.6 Å². The number of carboxylic acids is 1. The van der Waals surface area contributed by atoms with Gasteiger partial charge in [0.15, 0.2) is 0 Å². The molecule has 0 fully saturated rings. The Bertz CT molecular complexity index is 422. The number of hydrogen-bond acceptors (Lipinski definition) is 2. The molecule has 19 heavy (non-hydrogen) atoms. The molecular formula is C15H22ClNO2. The summed E-state index contributed by atoms with van der Waals surface area (Å²) in [7, 11) is 0. The molecular weight excluding hydrogens is 262 g/mol. The highest BCUT2D eigenvalue weighted by Gasteiger charge is 2.22. The maximum Gasteiger partial charge on any atom is 0.307 e. The van der Waals surface area contributed by atoms with Gasteiger partial charge in [0.2, 0.25) is 0 Å². The van der Waals surface area contributed by atoms with Gasteiger partial charge in [-0.2, -0.15) is 0 Å². The van der Waals surface area contributed by atoms with Gasteiger partial charge in [-0.25, -0.2) is 0 Å². The second-order valence-corrected chi connectivity index (χ2v) is 5.24. The van der Waals surface area contributed by atoms with Crippen LogP contribution in [0, 0.1) is 5.92 Å². The van der Waals surface area contributed by atoms with Gasteiger partial charge in [-0.1, -0.05) is 44.5 Å². The van der Waals surface area contributed by atoms with Gasteiger partial charge in [0.1, 0.15) is 0 Å². The second-order valence-electron chi connectivity index (χ2n) is 4.81. The predicted octanol–water partition coefficient (Wildman–Crippen LogP) is 3.83. The van der Waals surface area contributed by atoms with Gasteiger partial charge >= 0.3 is 5.97 Å². The number of halogens is 1. The summed E-state index contributed by atoms with van der Waals surface area (Å²) in [4.78, 5) is 13.2. The van der Waals surface area contributed by atoms with E-state index in [9.17, 15) is 4.79 Å². The van der Waals surface area contributed by atoms with Crippen LogP contribution >= 0.6 is 11.6 Å². The van der Waals surface area contributed by atoms with Gasteiger partial charge in [0.05, 0.1) is 5.92 Å². The minimum Gasteiger partial charge on any atom is -0.481 e. The van der Waals surface area contributed by atoms with Crippen LogP contribution in [0.2, 0.25) is 5.02 Å². The van der Waals surface area contributed by atoms with Gasteiger partial charge in [-0.3, -0.25) is 9.69 Å². The van der Waals surface area contributed by atoms with Gasteiger partial charge in [0.25, 0.3) is 0 Å². The molecule has 4 heteroatoms. The highest BCUT2D eigenvalue weighted by Crippen LogP contribution is 2.26. The molecule has 0 aliphatic heterocycles. The zero-order chi connectivity index (χ0) is 14.4. The minimum absolute atomic E-state index is 0.213. The van der Waals surface area contributed by atoms with Crippen LogP contribution in [0.15, 0.2) is 24.3 Å². The second kappa shape index (κ2) is 7.51. The zero-order valence-electron chi connectivity index (χ0n) is 11.8. The number of carboxylic acid groups (broad SMARTS) is 1. The molecule has 1 N–H and O–H groups in total. The van der Waals surface area contributed by atoms with Crippen LogP contribution in [0.3, 0.4) is 0 Å². The van der Waals surface area contributed by atoms with E-state index in [0.29, 0.717) is 6.54 Å². The van der Waals surface area contributed by atoms with E-state index in [-0.39, 0.29) is 12.0 Å². The van der Waals surface area contributed by atoms with Crippen molar-refractivity contribution >= 4 is 17.6 Å². The van der Waals surface area contributed by atoms with E-state index in [1.165, 1.54) is 0 Å². The van der Waals surface area contributed by atoms with E-state index in [4.69, 9.17) is 16.7 Å². The third-order valence-corrected chi connectivity index (χ3v) is 3.63. The molecule has 0 aliphatic rings. The van der Waals surface area contributed by atoms with E-state index >= 15 is 0 Å². The van der Waals surface area contributed by atoms with Crippen molar-refractivity contribution in [3.8, 4) is 0 Å². The van der Waals surface area contributed by atoms with Crippen molar-refractivity contribution < 1.29 is 9.90 Å². The summed E-state index contributed by atoms with van der Waals surface area (Å²) in [6, 6.07) is 8.02. The molecule has 1 rings (SSSR count). The van der Waals surface area contributed by atoms with Crippen LogP contribution in [0.5, 0.6) is 0 Å².